The van der Waals surface area contributed by atoms with Crippen molar-refractivity contribution in [2.24, 2.45) is 4.99 Å². The molecular formula is C17H16N6O2S. The fraction of sp³-hybridized carbons (Fsp3) is 0.294. The summed E-state index contributed by atoms with van der Waals surface area (Å²) in [5.74, 6) is -0.535. The number of likely N-dealkylation sites (tertiary alicyclic amines) is 1. The van der Waals surface area contributed by atoms with Gasteiger partial charge in [0.25, 0.3) is 11.8 Å². The van der Waals surface area contributed by atoms with E-state index >= 15 is 0 Å². The number of amides is 2. The van der Waals surface area contributed by atoms with E-state index in [1.165, 1.54) is 10.7 Å². The minimum Gasteiger partial charge on any atom is -0.337 e. The summed E-state index contributed by atoms with van der Waals surface area (Å²) in [5, 5.41) is 4.05. The Bertz CT molecular complexity index is 1020. The van der Waals surface area contributed by atoms with Crippen LogP contribution in [0.25, 0.3) is 5.65 Å². The van der Waals surface area contributed by atoms with Crippen molar-refractivity contribution in [2.45, 2.75) is 19.3 Å². The van der Waals surface area contributed by atoms with Crippen molar-refractivity contribution in [3.63, 3.8) is 0 Å². The number of benzene rings is 1. The molecule has 26 heavy (non-hydrogen) atoms. The first-order valence-electron chi connectivity index (χ1n) is 8.37. The molecule has 0 radical (unpaired) electrons. The second-order valence-electron chi connectivity index (χ2n) is 5.98. The highest BCUT2D eigenvalue weighted by molar-refractivity contribution is 7.02. The van der Waals surface area contributed by atoms with Gasteiger partial charge in [-0.3, -0.25) is 14.0 Å². The Morgan fingerprint density at radius 2 is 1.85 bits per heavy atom. The van der Waals surface area contributed by atoms with E-state index in [0.717, 1.165) is 43.9 Å². The zero-order valence-corrected chi connectivity index (χ0v) is 14.7. The van der Waals surface area contributed by atoms with Crippen molar-refractivity contribution in [3.8, 4) is 0 Å². The fourth-order valence-electron chi connectivity index (χ4n) is 2.92. The van der Waals surface area contributed by atoms with Crippen LogP contribution in [0.15, 0.2) is 41.7 Å². The molecule has 0 bridgehead atoms. The van der Waals surface area contributed by atoms with Gasteiger partial charge >= 0.3 is 0 Å². The molecular weight excluding hydrogens is 352 g/mol. The second-order valence-corrected chi connectivity index (χ2v) is 6.69. The Morgan fingerprint density at radius 1 is 1.08 bits per heavy atom. The van der Waals surface area contributed by atoms with Gasteiger partial charge in [0.2, 0.25) is 4.80 Å². The molecule has 0 unspecified atom stereocenters. The molecule has 4 rings (SSSR count). The Hall–Kier alpha value is -2.94. The van der Waals surface area contributed by atoms with Gasteiger partial charge in [-0.15, -0.1) is 5.10 Å². The summed E-state index contributed by atoms with van der Waals surface area (Å²) in [6.45, 7) is 1.45. The van der Waals surface area contributed by atoms with Gasteiger partial charge in [0.05, 0.1) is 0 Å². The maximum absolute atomic E-state index is 12.7. The van der Waals surface area contributed by atoms with E-state index < -0.39 is 0 Å². The molecule has 2 aromatic heterocycles. The van der Waals surface area contributed by atoms with Gasteiger partial charge in [0.15, 0.2) is 11.3 Å². The van der Waals surface area contributed by atoms with Crippen LogP contribution in [0.5, 0.6) is 0 Å². The molecule has 0 atom stereocenters. The molecule has 1 saturated heterocycles. The third kappa shape index (κ3) is 3.13. The lowest BCUT2D eigenvalue weighted by molar-refractivity contribution is 0.0720. The van der Waals surface area contributed by atoms with Crippen LogP contribution in [0.3, 0.4) is 0 Å². The molecule has 1 aliphatic heterocycles. The molecule has 0 aliphatic carbocycles. The third-order valence-corrected chi connectivity index (χ3v) is 4.88. The number of hydrogen-bond donors (Lipinski definition) is 0. The van der Waals surface area contributed by atoms with E-state index in [2.05, 4.69) is 19.6 Å². The van der Waals surface area contributed by atoms with Crippen molar-refractivity contribution < 1.29 is 9.59 Å². The number of carbonyl (C=O) groups excluding carboxylic acids is 2. The van der Waals surface area contributed by atoms with Gasteiger partial charge in [0, 0.05) is 30.2 Å². The normalized spacial score (nSPS) is 15.4. The van der Waals surface area contributed by atoms with Gasteiger partial charge in [-0.25, -0.2) is 4.98 Å². The van der Waals surface area contributed by atoms with Crippen LogP contribution in [-0.4, -0.2) is 48.8 Å². The van der Waals surface area contributed by atoms with Crippen LogP contribution in [0.2, 0.25) is 0 Å². The SMILES string of the molecule is O=C(N=c1snnc2c(C(=O)N3CCCCC3)ncn12)c1ccccc1. The standard InChI is InChI=1S/C17H16N6O2S/c24-15(12-7-3-1-4-8-12)19-17-23-11-18-13(14(23)20-21-26-17)16(25)22-9-5-2-6-10-22/h1,3-4,7-8,11H,2,5-6,9-10H2. The average molecular weight is 368 g/mol. The number of nitrogens with zero attached hydrogens (tertiary/aromatic N) is 6. The zero-order chi connectivity index (χ0) is 17.9. The van der Waals surface area contributed by atoms with Crippen molar-refractivity contribution >= 4 is 29.0 Å². The van der Waals surface area contributed by atoms with Gasteiger partial charge in [-0.05, 0) is 31.4 Å². The van der Waals surface area contributed by atoms with Crippen LogP contribution in [0, 0.1) is 0 Å². The molecule has 1 fully saturated rings. The highest BCUT2D eigenvalue weighted by Crippen LogP contribution is 2.14. The van der Waals surface area contributed by atoms with Crippen LogP contribution in [0.4, 0.5) is 0 Å². The van der Waals surface area contributed by atoms with Crippen molar-refractivity contribution in [2.75, 3.05) is 13.1 Å². The first-order valence-corrected chi connectivity index (χ1v) is 9.14. The molecule has 0 spiro atoms. The van der Waals surface area contributed by atoms with Gasteiger partial charge in [-0.1, -0.05) is 22.7 Å². The third-order valence-electron chi connectivity index (χ3n) is 4.27. The van der Waals surface area contributed by atoms with Crippen LogP contribution in [-0.2, 0) is 0 Å². The van der Waals surface area contributed by atoms with Crippen molar-refractivity contribution in [1.29, 1.82) is 0 Å². The summed E-state index contributed by atoms with van der Waals surface area (Å²) in [6, 6.07) is 8.78. The smallest absolute Gasteiger partial charge is 0.279 e. The van der Waals surface area contributed by atoms with Crippen LogP contribution in [0.1, 0.15) is 40.1 Å². The van der Waals surface area contributed by atoms with E-state index in [9.17, 15) is 9.59 Å². The summed E-state index contributed by atoms with van der Waals surface area (Å²) < 4.78 is 5.47. The number of carbonyl (C=O) groups is 2. The maximum atomic E-state index is 12.7. The summed E-state index contributed by atoms with van der Waals surface area (Å²) in [5.41, 5.74) is 1.05. The van der Waals surface area contributed by atoms with Gasteiger partial charge in [-0.2, -0.15) is 4.99 Å². The minimum atomic E-state index is -0.381. The first kappa shape index (κ1) is 16.5. The number of fused-ring (bicyclic) bond motifs is 1. The van der Waals surface area contributed by atoms with Crippen LogP contribution >= 0.6 is 11.5 Å². The fourth-order valence-corrected chi connectivity index (χ4v) is 3.46. The Labute approximate surface area is 153 Å². The predicted molar refractivity (Wildman–Crippen MR) is 94.7 cm³/mol. The quantitative estimate of drug-likeness (QED) is 0.684. The highest BCUT2D eigenvalue weighted by Gasteiger charge is 2.23. The molecule has 0 saturated carbocycles. The summed E-state index contributed by atoms with van der Waals surface area (Å²) in [7, 11) is 0. The predicted octanol–water partition coefficient (Wildman–Crippen LogP) is 1.55. The molecule has 3 aromatic rings. The Kier molecular flexibility index (Phi) is 4.53. The van der Waals surface area contributed by atoms with E-state index in [4.69, 9.17) is 0 Å². The zero-order valence-electron chi connectivity index (χ0n) is 13.9. The average Bonchev–Trinajstić information content (AvgIpc) is 3.14. The lowest BCUT2D eigenvalue weighted by atomic mass is 10.1. The summed E-state index contributed by atoms with van der Waals surface area (Å²) >= 11 is 0.975. The number of aromatic nitrogens is 4. The number of rotatable bonds is 2. The lowest BCUT2D eigenvalue weighted by Gasteiger charge is -2.25. The molecule has 132 valence electrons. The molecule has 9 heteroatoms. The lowest BCUT2D eigenvalue weighted by Crippen LogP contribution is -2.36. The minimum absolute atomic E-state index is 0.155. The highest BCUT2D eigenvalue weighted by atomic mass is 32.1. The molecule has 0 N–H and O–H groups in total. The maximum Gasteiger partial charge on any atom is 0.279 e. The monoisotopic (exact) mass is 368 g/mol. The van der Waals surface area contributed by atoms with Crippen molar-refractivity contribution in [1.82, 2.24) is 23.9 Å². The first-order chi connectivity index (χ1) is 12.7. The molecule has 8 nitrogen and oxygen atoms in total. The molecule has 3 heterocycles. The van der Waals surface area contributed by atoms with Gasteiger partial charge in [0.1, 0.15) is 6.33 Å². The molecule has 1 aliphatic rings. The number of imidazole rings is 1. The number of hydrogen-bond acceptors (Lipinski definition) is 6. The topological polar surface area (TPSA) is 92.8 Å². The summed E-state index contributed by atoms with van der Waals surface area (Å²) in [6.07, 6.45) is 4.60. The van der Waals surface area contributed by atoms with E-state index in [1.54, 1.807) is 29.2 Å². The molecule has 2 amide bonds. The van der Waals surface area contributed by atoms with E-state index in [0.29, 0.717) is 16.0 Å². The Balaban J connectivity index is 1.72. The number of piperidine rings is 1. The Morgan fingerprint density at radius 3 is 2.62 bits per heavy atom. The second kappa shape index (κ2) is 7.12. The van der Waals surface area contributed by atoms with Crippen LogP contribution < -0.4 is 4.80 Å². The van der Waals surface area contributed by atoms with E-state index in [1.807, 2.05) is 6.07 Å². The van der Waals surface area contributed by atoms with Gasteiger partial charge < -0.3 is 4.90 Å². The largest absolute Gasteiger partial charge is 0.337 e. The molecule has 1 aromatic carbocycles. The van der Waals surface area contributed by atoms with E-state index in [-0.39, 0.29) is 17.5 Å². The van der Waals surface area contributed by atoms with Crippen molar-refractivity contribution in [3.05, 3.63) is 52.7 Å². The summed E-state index contributed by atoms with van der Waals surface area (Å²) in [4.78, 5) is 35.5.